The normalized spacial score (nSPS) is 19.8. The molecule has 0 aliphatic carbocycles. The summed E-state index contributed by atoms with van der Waals surface area (Å²) < 4.78 is 11.9. The van der Waals surface area contributed by atoms with Crippen LogP contribution < -0.4 is 9.47 Å². The monoisotopic (exact) mass is 407 g/mol. The number of hydrogen-bond acceptors (Lipinski definition) is 6. The number of ether oxygens (including phenoxy) is 2. The third-order valence-electron chi connectivity index (χ3n) is 5.24. The van der Waals surface area contributed by atoms with Crippen molar-refractivity contribution in [3.8, 4) is 17.2 Å². The molecule has 0 radical (unpaired) electrons. The topological polar surface area (TPSA) is 67.2 Å². The first-order chi connectivity index (χ1) is 14.2. The molecule has 0 bridgehead atoms. The van der Waals surface area contributed by atoms with E-state index in [1.807, 2.05) is 35.3 Å². The average molecular weight is 408 g/mol. The molecular formula is C22H18ClN3O3. The van der Waals surface area contributed by atoms with Gasteiger partial charge in [-0.05, 0) is 30.3 Å². The van der Waals surface area contributed by atoms with Crippen LogP contribution in [0.1, 0.15) is 35.4 Å². The van der Waals surface area contributed by atoms with Crippen LogP contribution >= 0.6 is 11.6 Å². The molecule has 6 nitrogen and oxygen atoms in total. The molecule has 1 N–H and O–H groups in total. The Kier molecular flexibility index (Phi) is 4.28. The lowest BCUT2D eigenvalue weighted by atomic mass is 9.95. The predicted molar refractivity (Wildman–Crippen MR) is 109 cm³/mol. The molecule has 0 saturated heterocycles. The number of halogens is 1. The van der Waals surface area contributed by atoms with E-state index in [0.717, 1.165) is 16.8 Å². The largest absolute Gasteiger partial charge is 0.507 e. The second-order valence-corrected chi connectivity index (χ2v) is 7.38. The summed E-state index contributed by atoms with van der Waals surface area (Å²) in [4.78, 5) is 4.23. The number of phenolic OH excluding ortho intramolecular Hbond substituents is 1. The van der Waals surface area contributed by atoms with Gasteiger partial charge in [0.2, 0.25) is 6.23 Å². The van der Waals surface area contributed by atoms with E-state index in [1.165, 1.54) is 0 Å². The zero-order chi connectivity index (χ0) is 20.0. The molecule has 0 saturated carbocycles. The van der Waals surface area contributed by atoms with Crippen LogP contribution in [-0.2, 0) is 0 Å². The molecule has 5 rings (SSSR count). The number of rotatable bonds is 3. The molecule has 2 unspecified atom stereocenters. The maximum Gasteiger partial charge on any atom is 0.215 e. The third kappa shape index (κ3) is 2.96. The van der Waals surface area contributed by atoms with Crippen LogP contribution in [0.3, 0.4) is 0 Å². The number of benzene rings is 2. The minimum absolute atomic E-state index is 0.0626. The zero-order valence-electron chi connectivity index (χ0n) is 15.6. The van der Waals surface area contributed by atoms with E-state index in [-0.39, 0.29) is 11.8 Å². The van der Waals surface area contributed by atoms with Gasteiger partial charge < -0.3 is 14.6 Å². The second kappa shape index (κ2) is 6.97. The van der Waals surface area contributed by atoms with E-state index < -0.39 is 6.23 Å². The van der Waals surface area contributed by atoms with Crippen LogP contribution in [0, 0.1) is 0 Å². The highest BCUT2D eigenvalue weighted by Gasteiger charge is 2.42. The number of fused-ring (bicyclic) bond motifs is 3. The standard InChI is InChI=1S/C22H18ClN3O3/c1-28-20-6-2-5-15-18-11-17(16-10-14(23)7-8-19(16)27)25-26(18)22(29-21(15)20)13-4-3-9-24-12-13/h2-10,12,18,22,27H,11H2,1H3. The average Bonchev–Trinajstić information content (AvgIpc) is 3.20. The van der Waals surface area contributed by atoms with Gasteiger partial charge in [-0.3, -0.25) is 4.98 Å². The first-order valence-electron chi connectivity index (χ1n) is 9.24. The van der Waals surface area contributed by atoms with E-state index in [2.05, 4.69) is 4.98 Å². The lowest BCUT2D eigenvalue weighted by Crippen LogP contribution is -2.33. The number of hydrazone groups is 1. The van der Waals surface area contributed by atoms with Gasteiger partial charge in [0.25, 0.3) is 0 Å². The number of aromatic hydroxyl groups is 1. The summed E-state index contributed by atoms with van der Waals surface area (Å²) in [6.07, 6.45) is 3.64. The summed E-state index contributed by atoms with van der Waals surface area (Å²) in [6.45, 7) is 0. The van der Waals surface area contributed by atoms with E-state index in [0.29, 0.717) is 28.5 Å². The zero-order valence-corrected chi connectivity index (χ0v) is 16.4. The number of aromatic nitrogens is 1. The van der Waals surface area contributed by atoms with Gasteiger partial charge in [0, 0.05) is 40.5 Å². The predicted octanol–water partition coefficient (Wildman–Crippen LogP) is 4.69. The van der Waals surface area contributed by atoms with Crippen molar-refractivity contribution in [1.82, 2.24) is 9.99 Å². The Labute approximate surface area is 173 Å². The van der Waals surface area contributed by atoms with Crippen molar-refractivity contribution in [3.63, 3.8) is 0 Å². The first kappa shape index (κ1) is 17.8. The maximum atomic E-state index is 10.4. The maximum absolute atomic E-state index is 10.4. The Bertz CT molecular complexity index is 1100. The summed E-state index contributed by atoms with van der Waals surface area (Å²) in [5.41, 5.74) is 3.25. The van der Waals surface area contributed by atoms with Crippen LogP contribution in [0.5, 0.6) is 17.2 Å². The lowest BCUT2D eigenvalue weighted by molar-refractivity contribution is -0.0211. The molecule has 0 amide bonds. The number of methoxy groups -OCH3 is 1. The van der Waals surface area contributed by atoms with Crippen LogP contribution in [0.15, 0.2) is 66.0 Å². The van der Waals surface area contributed by atoms with Crippen molar-refractivity contribution < 1.29 is 14.6 Å². The minimum atomic E-state index is -0.462. The number of nitrogens with zero attached hydrogens (tertiary/aromatic N) is 3. The second-order valence-electron chi connectivity index (χ2n) is 6.94. The van der Waals surface area contributed by atoms with Crippen LogP contribution in [0.4, 0.5) is 0 Å². The molecule has 7 heteroatoms. The molecule has 2 aromatic carbocycles. The van der Waals surface area contributed by atoms with Crippen molar-refractivity contribution in [2.75, 3.05) is 7.11 Å². The third-order valence-corrected chi connectivity index (χ3v) is 5.47. The van der Waals surface area contributed by atoms with Gasteiger partial charge in [0.15, 0.2) is 11.5 Å². The SMILES string of the molecule is COc1cccc2c1OC(c1cccnc1)N1N=C(c3cc(Cl)ccc3O)CC21. The molecule has 29 heavy (non-hydrogen) atoms. The van der Waals surface area contributed by atoms with E-state index in [9.17, 15) is 5.11 Å². The summed E-state index contributed by atoms with van der Waals surface area (Å²) in [5, 5.41) is 17.7. The van der Waals surface area contributed by atoms with E-state index in [4.69, 9.17) is 26.2 Å². The van der Waals surface area contributed by atoms with Gasteiger partial charge in [-0.2, -0.15) is 5.10 Å². The smallest absolute Gasteiger partial charge is 0.215 e. The van der Waals surface area contributed by atoms with Gasteiger partial charge >= 0.3 is 0 Å². The highest BCUT2D eigenvalue weighted by atomic mass is 35.5. The van der Waals surface area contributed by atoms with Crippen molar-refractivity contribution >= 4 is 17.3 Å². The summed E-state index contributed by atoms with van der Waals surface area (Å²) in [7, 11) is 1.63. The van der Waals surface area contributed by atoms with Gasteiger partial charge in [-0.15, -0.1) is 0 Å². The Morgan fingerprint density at radius 1 is 1.21 bits per heavy atom. The Morgan fingerprint density at radius 3 is 2.90 bits per heavy atom. The van der Waals surface area contributed by atoms with Crippen molar-refractivity contribution in [2.45, 2.75) is 18.7 Å². The fraction of sp³-hybridized carbons (Fsp3) is 0.182. The fourth-order valence-electron chi connectivity index (χ4n) is 3.89. The Hall–Kier alpha value is -3.25. The number of para-hydroxylation sites is 1. The molecule has 146 valence electrons. The Balaban J connectivity index is 1.64. The van der Waals surface area contributed by atoms with Crippen LogP contribution in [0.2, 0.25) is 5.02 Å². The summed E-state index contributed by atoms with van der Waals surface area (Å²) in [5.74, 6) is 1.53. The van der Waals surface area contributed by atoms with E-state index in [1.54, 1.807) is 37.7 Å². The van der Waals surface area contributed by atoms with Crippen LogP contribution in [0.25, 0.3) is 0 Å². The van der Waals surface area contributed by atoms with Crippen molar-refractivity contribution in [1.29, 1.82) is 0 Å². The molecule has 0 spiro atoms. The number of pyridine rings is 1. The molecule has 3 aromatic rings. The molecule has 1 aromatic heterocycles. The molecule has 3 heterocycles. The summed E-state index contributed by atoms with van der Waals surface area (Å²) >= 11 is 6.16. The minimum Gasteiger partial charge on any atom is -0.507 e. The Morgan fingerprint density at radius 2 is 2.10 bits per heavy atom. The van der Waals surface area contributed by atoms with Gasteiger partial charge in [0.1, 0.15) is 5.75 Å². The lowest BCUT2D eigenvalue weighted by Gasteiger charge is -2.38. The van der Waals surface area contributed by atoms with E-state index >= 15 is 0 Å². The number of hydrogen-bond donors (Lipinski definition) is 1. The summed E-state index contributed by atoms with van der Waals surface area (Å²) in [6, 6.07) is 14.6. The quantitative estimate of drug-likeness (QED) is 0.682. The van der Waals surface area contributed by atoms with Gasteiger partial charge in [-0.1, -0.05) is 29.8 Å². The first-order valence-corrected chi connectivity index (χ1v) is 9.61. The van der Waals surface area contributed by atoms with Crippen molar-refractivity contribution in [2.24, 2.45) is 5.10 Å². The molecular weight excluding hydrogens is 390 g/mol. The number of phenols is 1. The van der Waals surface area contributed by atoms with Gasteiger partial charge in [0.05, 0.1) is 18.9 Å². The van der Waals surface area contributed by atoms with Gasteiger partial charge in [-0.25, -0.2) is 5.01 Å². The molecule has 2 aliphatic rings. The molecule has 2 atom stereocenters. The van der Waals surface area contributed by atoms with Crippen LogP contribution in [-0.4, -0.2) is 27.9 Å². The highest BCUT2D eigenvalue weighted by molar-refractivity contribution is 6.31. The molecule has 0 fully saturated rings. The molecule has 2 aliphatic heterocycles. The van der Waals surface area contributed by atoms with Crippen molar-refractivity contribution in [3.05, 3.63) is 82.6 Å². The fourth-order valence-corrected chi connectivity index (χ4v) is 4.06. The highest BCUT2D eigenvalue weighted by Crippen LogP contribution is 2.50.